The smallest absolute Gasteiger partial charge is 0.270 e. The van der Waals surface area contributed by atoms with E-state index in [1.54, 1.807) is 42.7 Å². The third kappa shape index (κ3) is 3.65. The molecule has 3 aromatic rings. The van der Waals surface area contributed by atoms with Crippen LogP contribution >= 0.6 is 11.8 Å². The number of hydrogen-bond donors (Lipinski definition) is 1. The molecule has 0 saturated heterocycles. The molecule has 136 valence electrons. The number of hydrogen-bond acceptors (Lipinski definition) is 6. The highest BCUT2D eigenvalue weighted by Gasteiger charge is 2.19. The van der Waals surface area contributed by atoms with Crippen LogP contribution in [0.3, 0.4) is 0 Å². The number of aromatic nitrogens is 2. The van der Waals surface area contributed by atoms with Crippen LogP contribution in [-0.4, -0.2) is 24.6 Å². The number of aryl methyl sites for hydroxylation is 1. The highest BCUT2D eigenvalue weighted by Crippen LogP contribution is 2.26. The maximum atomic E-state index is 12.7. The SMILES string of the molecule is CSc1nc(-c2ccc(S(=O)(=O)c3ccc(C)cc3)cc2)c(C#N)c(=O)[nH]1. The fourth-order valence-electron chi connectivity index (χ4n) is 2.51. The summed E-state index contributed by atoms with van der Waals surface area (Å²) in [4.78, 5) is 19.2. The second kappa shape index (κ2) is 7.39. The highest BCUT2D eigenvalue weighted by molar-refractivity contribution is 7.98. The van der Waals surface area contributed by atoms with E-state index < -0.39 is 15.4 Å². The fraction of sp³-hybridized carbons (Fsp3) is 0.105. The average molecular weight is 397 g/mol. The van der Waals surface area contributed by atoms with E-state index in [1.807, 2.05) is 13.0 Å². The van der Waals surface area contributed by atoms with E-state index in [0.29, 0.717) is 10.7 Å². The standard InChI is InChI=1S/C19H15N3O3S2/c1-12-3-7-14(8-4-12)27(24,25)15-9-5-13(6-10-15)17-16(11-20)18(23)22-19(21-17)26-2/h3-10H,1-2H3,(H,21,22,23). The molecule has 8 heteroatoms. The molecule has 3 rings (SSSR count). The van der Waals surface area contributed by atoms with Gasteiger partial charge in [-0.05, 0) is 37.4 Å². The minimum Gasteiger partial charge on any atom is -0.300 e. The summed E-state index contributed by atoms with van der Waals surface area (Å²) in [6.07, 6.45) is 1.76. The molecule has 0 fully saturated rings. The number of benzene rings is 2. The first kappa shape index (κ1) is 18.9. The number of H-pyrrole nitrogens is 1. The molecule has 0 aliphatic heterocycles. The van der Waals surface area contributed by atoms with Crippen molar-refractivity contribution in [2.24, 2.45) is 0 Å². The number of thioether (sulfide) groups is 1. The van der Waals surface area contributed by atoms with Crippen LogP contribution in [0, 0.1) is 18.3 Å². The Bertz CT molecular complexity index is 1190. The van der Waals surface area contributed by atoms with Crippen molar-refractivity contribution in [3.05, 3.63) is 70.0 Å². The van der Waals surface area contributed by atoms with Gasteiger partial charge in [-0.25, -0.2) is 13.4 Å². The highest BCUT2D eigenvalue weighted by atomic mass is 32.2. The molecule has 27 heavy (non-hydrogen) atoms. The molecule has 0 atom stereocenters. The molecular weight excluding hydrogens is 382 g/mol. The van der Waals surface area contributed by atoms with Crippen molar-refractivity contribution in [2.75, 3.05) is 6.26 Å². The molecule has 6 nitrogen and oxygen atoms in total. The van der Waals surface area contributed by atoms with Gasteiger partial charge in [-0.2, -0.15) is 5.26 Å². The van der Waals surface area contributed by atoms with Crippen molar-refractivity contribution < 1.29 is 8.42 Å². The number of nitrogens with zero attached hydrogens (tertiary/aromatic N) is 2. The number of nitriles is 1. The Morgan fingerprint density at radius 2 is 1.59 bits per heavy atom. The first-order valence-corrected chi connectivity index (χ1v) is 10.6. The van der Waals surface area contributed by atoms with Crippen LogP contribution in [0.1, 0.15) is 11.1 Å². The molecule has 1 N–H and O–H groups in total. The van der Waals surface area contributed by atoms with Gasteiger partial charge in [0, 0.05) is 5.56 Å². The summed E-state index contributed by atoms with van der Waals surface area (Å²) in [6, 6.07) is 14.5. The summed E-state index contributed by atoms with van der Waals surface area (Å²) >= 11 is 1.24. The number of nitrogens with one attached hydrogen (secondary N) is 1. The van der Waals surface area contributed by atoms with Gasteiger partial charge in [0.15, 0.2) is 5.16 Å². The summed E-state index contributed by atoms with van der Waals surface area (Å²) in [5, 5.41) is 9.65. The minimum atomic E-state index is -3.65. The van der Waals surface area contributed by atoms with Gasteiger partial charge in [-0.1, -0.05) is 41.6 Å². The number of rotatable bonds is 4. The monoisotopic (exact) mass is 397 g/mol. The topological polar surface area (TPSA) is 104 Å². The van der Waals surface area contributed by atoms with Gasteiger partial charge in [0.05, 0.1) is 15.5 Å². The van der Waals surface area contributed by atoms with Gasteiger partial charge >= 0.3 is 0 Å². The van der Waals surface area contributed by atoms with Crippen molar-refractivity contribution >= 4 is 21.6 Å². The van der Waals surface area contributed by atoms with Gasteiger partial charge in [0.25, 0.3) is 5.56 Å². The molecule has 0 bridgehead atoms. The lowest BCUT2D eigenvalue weighted by atomic mass is 10.1. The Balaban J connectivity index is 2.07. The summed E-state index contributed by atoms with van der Waals surface area (Å²) in [7, 11) is -3.65. The van der Waals surface area contributed by atoms with Crippen molar-refractivity contribution in [2.45, 2.75) is 21.9 Å². The molecule has 0 amide bonds. The van der Waals surface area contributed by atoms with Gasteiger partial charge in [-0.3, -0.25) is 4.79 Å². The van der Waals surface area contributed by atoms with Gasteiger partial charge in [0.1, 0.15) is 11.6 Å². The van der Waals surface area contributed by atoms with Gasteiger partial charge in [-0.15, -0.1) is 0 Å². The molecule has 2 aromatic carbocycles. The van der Waals surface area contributed by atoms with Crippen LogP contribution in [0.2, 0.25) is 0 Å². The molecular formula is C19H15N3O3S2. The van der Waals surface area contributed by atoms with E-state index in [1.165, 1.54) is 23.9 Å². The Hall–Kier alpha value is -2.89. The van der Waals surface area contributed by atoms with Crippen LogP contribution in [0.15, 0.2) is 68.3 Å². The molecule has 1 aromatic heterocycles. The van der Waals surface area contributed by atoms with E-state index in [4.69, 9.17) is 0 Å². The zero-order chi connectivity index (χ0) is 19.6. The second-order valence-corrected chi connectivity index (χ2v) is 8.50. The normalized spacial score (nSPS) is 11.1. The van der Waals surface area contributed by atoms with Gasteiger partial charge < -0.3 is 4.98 Å². The Labute approximate surface area is 160 Å². The van der Waals surface area contributed by atoms with Gasteiger partial charge in [0.2, 0.25) is 9.84 Å². The fourth-order valence-corrected chi connectivity index (χ4v) is 4.15. The third-order valence-corrected chi connectivity index (χ3v) is 6.34. The zero-order valence-electron chi connectivity index (χ0n) is 14.6. The molecule has 0 spiro atoms. The van der Waals surface area contributed by atoms with E-state index in [0.717, 1.165) is 5.56 Å². The van der Waals surface area contributed by atoms with Crippen LogP contribution in [0.25, 0.3) is 11.3 Å². The number of sulfone groups is 1. The molecule has 1 heterocycles. The summed E-state index contributed by atoms with van der Waals surface area (Å²) < 4.78 is 25.5. The first-order valence-electron chi connectivity index (χ1n) is 7.87. The Kier molecular flexibility index (Phi) is 5.17. The quantitative estimate of drug-likeness (QED) is 0.536. The molecule has 0 saturated carbocycles. The van der Waals surface area contributed by atoms with E-state index in [-0.39, 0.29) is 21.0 Å². The van der Waals surface area contributed by atoms with Crippen LogP contribution in [-0.2, 0) is 9.84 Å². The lowest BCUT2D eigenvalue weighted by molar-refractivity contribution is 0.596. The Morgan fingerprint density at radius 3 is 2.11 bits per heavy atom. The number of aromatic amines is 1. The van der Waals surface area contributed by atoms with Crippen molar-refractivity contribution in [1.82, 2.24) is 9.97 Å². The van der Waals surface area contributed by atoms with Crippen molar-refractivity contribution in [3.63, 3.8) is 0 Å². The third-order valence-electron chi connectivity index (χ3n) is 3.97. The van der Waals surface area contributed by atoms with Crippen LogP contribution < -0.4 is 5.56 Å². The van der Waals surface area contributed by atoms with Crippen LogP contribution in [0.5, 0.6) is 0 Å². The second-order valence-electron chi connectivity index (χ2n) is 5.75. The maximum absolute atomic E-state index is 12.7. The van der Waals surface area contributed by atoms with E-state index in [2.05, 4.69) is 9.97 Å². The Morgan fingerprint density at radius 1 is 1.04 bits per heavy atom. The first-order chi connectivity index (χ1) is 12.9. The molecule has 0 aliphatic carbocycles. The summed E-state index contributed by atoms with van der Waals surface area (Å²) in [5.41, 5.74) is 1.06. The summed E-state index contributed by atoms with van der Waals surface area (Å²) in [5.74, 6) is 0. The predicted octanol–water partition coefficient (Wildman–Crippen LogP) is 3.17. The van der Waals surface area contributed by atoms with Crippen LogP contribution in [0.4, 0.5) is 0 Å². The zero-order valence-corrected chi connectivity index (χ0v) is 16.2. The molecule has 0 unspecified atom stereocenters. The van der Waals surface area contributed by atoms with E-state index >= 15 is 0 Å². The predicted molar refractivity (Wildman–Crippen MR) is 103 cm³/mol. The molecule has 0 aliphatic rings. The van der Waals surface area contributed by atoms with E-state index in [9.17, 15) is 18.5 Å². The molecule has 0 radical (unpaired) electrons. The lowest BCUT2D eigenvalue weighted by Crippen LogP contribution is -2.14. The summed E-state index contributed by atoms with van der Waals surface area (Å²) in [6.45, 7) is 1.88. The van der Waals surface area contributed by atoms with Crippen molar-refractivity contribution in [3.8, 4) is 17.3 Å². The average Bonchev–Trinajstić information content (AvgIpc) is 2.67. The largest absolute Gasteiger partial charge is 0.300 e. The minimum absolute atomic E-state index is 0.109. The lowest BCUT2D eigenvalue weighted by Gasteiger charge is -2.08. The maximum Gasteiger partial charge on any atom is 0.270 e. The van der Waals surface area contributed by atoms with Crippen molar-refractivity contribution in [1.29, 1.82) is 5.26 Å².